The van der Waals surface area contributed by atoms with E-state index >= 15 is 0 Å². The van der Waals surface area contributed by atoms with E-state index in [9.17, 15) is 4.79 Å². The van der Waals surface area contributed by atoms with Gasteiger partial charge >= 0.3 is 0 Å². The summed E-state index contributed by atoms with van der Waals surface area (Å²) in [5.74, 6) is 0.186. The molecule has 0 spiro atoms. The Morgan fingerprint density at radius 2 is 2.18 bits per heavy atom. The molecule has 0 radical (unpaired) electrons. The molecule has 1 saturated heterocycles. The Morgan fingerprint density at radius 1 is 1.47 bits per heavy atom. The average Bonchev–Trinajstić information content (AvgIpc) is 2.97. The molecule has 2 fully saturated rings. The SMILES string of the molecule is CCC1OCCC1C(=O)NC1(CN)CCCC1. The molecule has 1 heterocycles. The van der Waals surface area contributed by atoms with Crippen molar-refractivity contribution in [1.82, 2.24) is 5.32 Å². The first kappa shape index (κ1) is 12.8. The Balaban J connectivity index is 1.95. The summed E-state index contributed by atoms with van der Waals surface area (Å²) in [6, 6.07) is 0. The fourth-order valence-corrected chi connectivity index (χ4v) is 3.14. The number of rotatable bonds is 4. The molecule has 1 aliphatic carbocycles. The van der Waals surface area contributed by atoms with Crippen molar-refractivity contribution in [3.05, 3.63) is 0 Å². The topological polar surface area (TPSA) is 64.3 Å². The number of ether oxygens (including phenoxy) is 1. The summed E-state index contributed by atoms with van der Waals surface area (Å²) in [6.45, 7) is 3.35. The zero-order valence-electron chi connectivity index (χ0n) is 10.7. The molecule has 4 nitrogen and oxygen atoms in total. The van der Waals surface area contributed by atoms with Crippen LogP contribution in [-0.2, 0) is 9.53 Å². The lowest BCUT2D eigenvalue weighted by molar-refractivity contribution is -0.128. The highest BCUT2D eigenvalue weighted by Gasteiger charge is 2.39. The van der Waals surface area contributed by atoms with Gasteiger partial charge in [-0.1, -0.05) is 19.8 Å². The van der Waals surface area contributed by atoms with Gasteiger partial charge in [0.15, 0.2) is 0 Å². The van der Waals surface area contributed by atoms with Gasteiger partial charge in [0, 0.05) is 13.2 Å². The lowest BCUT2D eigenvalue weighted by Crippen LogP contribution is -2.54. The Morgan fingerprint density at radius 3 is 2.76 bits per heavy atom. The third kappa shape index (κ3) is 2.63. The van der Waals surface area contributed by atoms with Gasteiger partial charge in [-0.3, -0.25) is 4.79 Å². The van der Waals surface area contributed by atoms with Crippen LogP contribution in [0.5, 0.6) is 0 Å². The molecule has 0 aromatic rings. The van der Waals surface area contributed by atoms with Crippen molar-refractivity contribution in [2.75, 3.05) is 13.2 Å². The summed E-state index contributed by atoms with van der Waals surface area (Å²) >= 11 is 0. The number of hydrogen-bond donors (Lipinski definition) is 2. The van der Waals surface area contributed by atoms with Crippen molar-refractivity contribution < 1.29 is 9.53 Å². The van der Waals surface area contributed by atoms with Crippen LogP contribution in [0.2, 0.25) is 0 Å². The van der Waals surface area contributed by atoms with E-state index in [0.717, 1.165) is 25.7 Å². The normalized spacial score (nSPS) is 31.6. The minimum atomic E-state index is -0.127. The standard InChI is InChI=1S/C13H24N2O2/c1-2-11-10(5-8-17-11)12(16)15-13(9-14)6-3-4-7-13/h10-11H,2-9,14H2,1H3,(H,15,16). The molecule has 17 heavy (non-hydrogen) atoms. The van der Waals surface area contributed by atoms with E-state index < -0.39 is 0 Å². The molecule has 1 amide bonds. The second-order valence-electron chi connectivity index (χ2n) is 5.39. The Labute approximate surface area is 103 Å². The molecule has 2 rings (SSSR count). The van der Waals surface area contributed by atoms with Crippen LogP contribution in [-0.4, -0.2) is 30.7 Å². The van der Waals surface area contributed by atoms with Crippen LogP contribution in [0.4, 0.5) is 0 Å². The maximum atomic E-state index is 12.3. The van der Waals surface area contributed by atoms with Gasteiger partial charge in [0.05, 0.1) is 17.6 Å². The van der Waals surface area contributed by atoms with Gasteiger partial charge in [-0.25, -0.2) is 0 Å². The molecule has 4 heteroatoms. The molecule has 98 valence electrons. The predicted molar refractivity (Wildman–Crippen MR) is 66.5 cm³/mol. The summed E-state index contributed by atoms with van der Waals surface area (Å²) < 4.78 is 5.57. The van der Waals surface area contributed by atoms with Gasteiger partial charge in [0.1, 0.15) is 0 Å². The van der Waals surface area contributed by atoms with Crippen LogP contribution in [0.25, 0.3) is 0 Å². The number of nitrogens with two attached hydrogens (primary N) is 1. The Bertz CT molecular complexity index is 275. The maximum Gasteiger partial charge on any atom is 0.226 e. The number of nitrogens with one attached hydrogen (secondary N) is 1. The number of carbonyl (C=O) groups excluding carboxylic acids is 1. The van der Waals surface area contributed by atoms with E-state index in [2.05, 4.69) is 12.2 Å². The fourth-order valence-electron chi connectivity index (χ4n) is 3.14. The van der Waals surface area contributed by atoms with E-state index in [0.29, 0.717) is 13.2 Å². The van der Waals surface area contributed by atoms with Gasteiger partial charge < -0.3 is 15.8 Å². The highest BCUT2D eigenvalue weighted by molar-refractivity contribution is 5.80. The molecule has 2 atom stereocenters. The molecule has 0 aromatic carbocycles. The second-order valence-corrected chi connectivity index (χ2v) is 5.39. The first-order valence-corrected chi connectivity index (χ1v) is 6.84. The molecule has 1 aliphatic heterocycles. The second kappa shape index (κ2) is 5.36. The monoisotopic (exact) mass is 240 g/mol. The van der Waals surface area contributed by atoms with Crippen molar-refractivity contribution in [2.45, 2.75) is 57.1 Å². The number of hydrogen-bond acceptors (Lipinski definition) is 3. The molecular formula is C13H24N2O2. The highest BCUT2D eigenvalue weighted by atomic mass is 16.5. The number of carbonyl (C=O) groups is 1. The first-order valence-electron chi connectivity index (χ1n) is 6.84. The Kier molecular flexibility index (Phi) is 4.05. The van der Waals surface area contributed by atoms with Crippen LogP contribution in [0.1, 0.15) is 45.4 Å². The van der Waals surface area contributed by atoms with Crippen LogP contribution in [0.3, 0.4) is 0 Å². The van der Waals surface area contributed by atoms with Crippen LogP contribution in [0, 0.1) is 5.92 Å². The van der Waals surface area contributed by atoms with Gasteiger partial charge in [-0.2, -0.15) is 0 Å². The van der Waals surface area contributed by atoms with Crippen LogP contribution in [0.15, 0.2) is 0 Å². The zero-order valence-corrected chi connectivity index (χ0v) is 10.7. The third-order valence-electron chi connectivity index (χ3n) is 4.29. The third-order valence-corrected chi connectivity index (χ3v) is 4.29. The van der Waals surface area contributed by atoms with Gasteiger partial charge in [0.25, 0.3) is 0 Å². The largest absolute Gasteiger partial charge is 0.377 e. The quantitative estimate of drug-likeness (QED) is 0.776. The molecule has 2 unspecified atom stereocenters. The van der Waals surface area contributed by atoms with Crippen molar-refractivity contribution in [3.63, 3.8) is 0 Å². The van der Waals surface area contributed by atoms with Gasteiger partial charge in [-0.05, 0) is 25.7 Å². The maximum absolute atomic E-state index is 12.3. The minimum absolute atomic E-state index is 0.0315. The highest BCUT2D eigenvalue weighted by Crippen LogP contribution is 2.30. The molecule has 0 aromatic heterocycles. The molecular weight excluding hydrogens is 216 g/mol. The van der Waals surface area contributed by atoms with Crippen molar-refractivity contribution in [3.8, 4) is 0 Å². The van der Waals surface area contributed by atoms with Gasteiger partial charge in [-0.15, -0.1) is 0 Å². The van der Waals surface area contributed by atoms with Crippen LogP contribution >= 0.6 is 0 Å². The summed E-state index contributed by atoms with van der Waals surface area (Å²) in [6.07, 6.45) is 6.27. The fraction of sp³-hybridized carbons (Fsp3) is 0.923. The van der Waals surface area contributed by atoms with E-state index in [1.165, 1.54) is 12.8 Å². The smallest absolute Gasteiger partial charge is 0.226 e. The van der Waals surface area contributed by atoms with E-state index in [1.807, 2.05) is 0 Å². The molecule has 3 N–H and O–H groups in total. The minimum Gasteiger partial charge on any atom is -0.377 e. The molecule has 1 saturated carbocycles. The van der Waals surface area contributed by atoms with E-state index in [4.69, 9.17) is 10.5 Å². The summed E-state index contributed by atoms with van der Waals surface area (Å²) in [7, 11) is 0. The molecule has 0 bridgehead atoms. The first-order chi connectivity index (χ1) is 8.21. The lowest BCUT2D eigenvalue weighted by atomic mass is 9.93. The predicted octanol–water partition coefficient (Wildman–Crippen LogP) is 1.19. The van der Waals surface area contributed by atoms with E-state index in [1.54, 1.807) is 0 Å². The number of amides is 1. The van der Waals surface area contributed by atoms with Gasteiger partial charge in [0.2, 0.25) is 5.91 Å². The molecule has 2 aliphatic rings. The average molecular weight is 240 g/mol. The van der Waals surface area contributed by atoms with Crippen molar-refractivity contribution in [1.29, 1.82) is 0 Å². The summed E-state index contributed by atoms with van der Waals surface area (Å²) in [5.41, 5.74) is 5.71. The lowest BCUT2D eigenvalue weighted by Gasteiger charge is -2.31. The summed E-state index contributed by atoms with van der Waals surface area (Å²) in [5, 5.41) is 3.20. The Hall–Kier alpha value is -0.610. The van der Waals surface area contributed by atoms with E-state index in [-0.39, 0.29) is 23.5 Å². The zero-order chi connectivity index (χ0) is 12.3. The van der Waals surface area contributed by atoms with Crippen molar-refractivity contribution in [2.24, 2.45) is 11.7 Å². The van der Waals surface area contributed by atoms with Crippen molar-refractivity contribution >= 4 is 5.91 Å². The van der Waals surface area contributed by atoms with Crippen LogP contribution < -0.4 is 11.1 Å². The summed E-state index contributed by atoms with van der Waals surface area (Å²) in [4.78, 5) is 12.3.